The molecule has 0 saturated heterocycles. The van der Waals surface area contributed by atoms with Crippen LogP contribution in [0.15, 0.2) is 36.8 Å². The lowest BCUT2D eigenvalue weighted by molar-refractivity contribution is -0.147. The van der Waals surface area contributed by atoms with Gasteiger partial charge in [-0.05, 0) is 12.1 Å². The third kappa shape index (κ3) is 2.16. The van der Waals surface area contributed by atoms with Crippen LogP contribution in [0.2, 0.25) is 0 Å². The number of hydrogen-bond acceptors (Lipinski definition) is 4. The Bertz CT molecular complexity index is 791. The van der Waals surface area contributed by atoms with Gasteiger partial charge >= 0.3 is 6.18 Å². The Labute approximate surface area is 115 Å². The van der Waals surface area contributed by atoms with Gasteiger partial charge in [-0.15, -0.1) is 0 Å². The monoisotopic (exact) mass is 298 g/mol. The molecule has 0 radical (unpaired) electrons. The lowest BCUT2D eigenvalue weighted by Crippen LogP contribution is -2.18. The predicted molar refractivity (Wildman–Crippen MR) is 64.5 cm³/mol. The Morgan fingerprint density at radius 2 is 1.95 bits per heavy atom. The molecule has 0 unspecified atom stereocenters. The van der Waals surface area contributed by atoms with Crippen molar-refractivity contribution in [1.82, 2.24) is 19.2 Å². The number of aliphatic hydroxyl groups is 2. The number of hydrogen-bond donors (Lipinski definition) is 2. The van der Waals surface area contributed by atoms with Gasteiger partial charge in [-0.2, -0.15) is 18.3 Å². The summed E-state index contributed by atoms with van der Waals surface area (Å²) in [5.74, 6) is 0.0872. The zero-order valence-corrected chi connectivity index (χ0v) is 10.4. The molecule has 0 aliphatic heterocycles. The average Bonchev–Trinajstić information content (AvgIpc) is 3.04. The van der Waals surface area contributed by atoms with Crippen LogP contribution in [0.25, 0.3) is 11.5 Å². The van der Waals surface area contributed by atoms with E-state index < -0.39 is 23.7 Å². The third-order valence-electron chi connectivity index (χ3n) is 2.97. The van der Waals surface area contributed by atoms with Crippen LogP contribution < -0.4 is 0 Å². The van der Waals surface area contributed by atoms with E-state index in [0.717, 1.165) is 6.20 Å². The maximum Gasteiger partial charge on any atom is 0.434 e. The molecule has 2 N–H and O–H groups in total. The molecule has 3 aromatic rings. The van der Waals surface area contributed by atoms with Gasteiger partial charge in [0.1, 0.15) is 11.5 Å². The van der Waals surface area contributed by atoms with E-state index in [1.807, 2.05) is 0 Å². The summed E-state index contributed by atoms with van der Waals surface area (Å²) in [7, 11) is 0. The minimum absolute atomic E-state index is 0.0872. The molecule has 9 heteroatoms. The average molecular weight is 298 g/mol. The molecule has 0 amide bonds. The maximum absolute atomic E-state index is 13.2. The molecule has 0 bridgehead atoms. The molecule has 0 aliphatic rings. The number of fused-ring (bicyclic) bond motifs is 1. The van der Waals surface area contributed by atoms with Gasteiger partial charge in [0.15, 0.2) is 12.0 Å². The summed E-state index contributed by atoms with van der Waals surface area (Å²) in [5.41, 5.74) is -1.50. The summed E-state index contributed by atoms with van der Waals surface area (Å²) < 4.78 is 41.6. The van der Waals surface area contributed by atoms with E-state index in [-0.39, 0.29) is 5.82 Å². The molecule has 3 rings (SSSR count). The van der Waals surface area contributed by atoms with E-state index in [9.17, 15) is 13.2 Å². The summed E-state index contributed by atoms with van der Waals surface area (Å²) in [6.45, 7) is 0. The fourth-order valence-corrected chi connectivity index (χ4v) is 2.11. The highest BCUT2D eigenvalue weighted by Gasteiger charge is 2.40. The number of pyridine rings is 1. The molecular formula is C12H9F3N4O2. The number of halogens is 3. The SMILES string of the molecule is OC(O)c1cnn(-c2cccc3nccn23)c1C(F)(F)F. The Morgan fingerprint density at radius 1 is 1.19 bits per heavy atom. The Hall–Kier alpha value is -2.39. The summed E-state index contributed by atoms with van der Waals surface area (Å²) in [6, 6.07) is 4.58. The van der Waals surface area contributed by atoms with Gasteiger partial charge in [-0.25, -0.2) is 9.67 Å². The lowest BCUT2D eigenvalue weighted by Gasteiger charge is -2.14. The molecule has 0 saturated carbocycles. The second-order valence-electron chi connectivity index (χ2n) is 4.27. The van der Waals surface area contributed by atoms with Gasteiger partial charge in [0.05, 0.1) is 11.8 Å². The zero-order chi connectivity index (χ0) is 15.2. The van der Waals surface area contributed by atoms with Gasteiger partial charge in [-0.1, -0.05) is 6.07 Å². The first-order chi connectivity index (χ1) is 9.89. The maximum atomic E-state index is 13.2. The van der Waals surface area contributed by atoms with E-state index in [2.05, 4.69) is 10.1 Å². The highest BCUT2D eigenvalue weighted by atomic mass is 19.4. The van der Waals surface area contributed by atoms with Crippen LogP contribution in [0.5, 0.6) is 0 Å². The van der Waals surface area contributed by atoms with Crippen LogP contribution in [0, 0.1) is 0 Å². The molecule has 0 spiro atoms. The number of nitrogens with zero attached hydrogens (tertiary/aromatic N) is 4. The van der Waals surface area contributed by atoms with Gasteiger partial charge in [-0.3, -0.25) is 4.40 Å². The molecule has 0 aromatic carbocycles. The highest BCUT2D eigenvalue weighted by molar-refractivity contribution is 5.45. The smallest absolute Gasteiger partial charge is 0.364 e. The number of imidazole rings is 1. The van der Waals surface area contributed by atoms with Crippen molar-refractivity contribution in [2.24, 2.45) is 0 Å². The van der Waals surface area contributed by atoms with Gasteiger partial charge < -0.3 is 10.2 Å². The molecule has 3 aromatic heterocycles. The normalized spacial score (nSPS) is 12.5. The van der Waals surface area contributed by atoms with E-state index in [1.54, 1.807) is 6.07 Å². The van der Waals surface area contributed by atoms with E-state index in [0.29, 0.717) is 10.3 Å². The molecule has 6 nitrogen and oxygen atoms in total. The molecule has 0 aliphatic carbocycles. The van der Waals surface area contributed by atoms with E-state index >= 15 is 0 Å². The number of aromatic nitrogens is 4. The van der Waals surface area contributed by atoms with E-state index in [4.69, 9.17) is 10.2 Å². The molecular weight excluding hydrogens is 289 g/mol. The molecule has 0 atom stereocenters. The number of rotatable bonds is 2. The fourth-order valence-electron chi connectivity index (χ4n) is 2.11. The third-order valence-corrected chi connectivity index (χ3v) is 2.97. The van der Waals surface area contributed by atoms with Crippen molar-refractivity contribution >= 4 is 5.65 Å². The topological polar surface area (TPSA) is 75.6 Å². The largest absolute Gasteiger partial charge is 0.434 e. The first-order valence-corrected chi connectivity index (χ1v) is 5.83. The first-order valence-electron chi connectivity index (χ1n) is 5.83. The summed E-state index contributed by atoms with van der Waals surface area (Å²) in [4.78, 5) is 3.98. The van der Waals surface area contributed by atoms with Gasteiger partial charge in [0.2, 0.25) is 0 Å². The van der Waals surface area contributed by atoms with Crippen molar-refractivity contribution < 1.29 is 23.4 Å². The highest BCUT2D eigenvalue weighted by Crippen LogP contribution is 2.35. The van der Waals surface area contributed by atoms with Gasteiger partial charge in [0.25, 0.3) is 0 Å². The standard InChI is InChI=1S/C12H9F3N4O2/c13-12(14,15)10-7(11(20)21)6-17-19(10)9-3-1-2-8-16-4-5-18(8)9/h1-6,11,20-21H. The van der Waals surface area contributed by atoms with Crippen LogP contribution in [0.4, 0.5) is 13.2 Å². The quantitative estimate of drug-likeness (QED) is 0.703. The van der Waals surface area contributed by atoms with Crippen LogP contribution in [0.1, 0.15) is 17.5 Å². The van der Waals surface area contributed by atoms with Crippen LogP contribution >= 0.6 is 0 Å². The second-order valence-corrected chi connectivity index (χ2v) is 4.27. The van der Waals surface area contributed by atoms with Crippen molar-refractivity contribution in [2.45, 2.75) is 12.5 Å². The number of aliphatic hydroxyl groups excluding tert-OH is 1. The molecule has 110 valence electrons. The Balaban J connectivity index is 2.31. The molecule has 3 heterocycles. The van der Waals surface area contributed by atoms with E-state index in [1.165, 1.54) is 28.9 Å². The van der Waals surface area contributed by atoms with Crippen LogP contribution in [0.3, 0.4) is 0 Å². The van der Waals surface area contributed by atoms with Gasteiger partial charge in [0, 0.05) is 12.4 Å². The minimum Gasteiger partial charge on any atom is -0.364 e. The van der Waals surface area contributed by atoms with Crippen molar-refractivity contribution in [3.05, 3.63) is 48.0 Å². The number of alkyl halides is 3. The predicted octanol–water partition coefficient (Wildman–Crippen LogP) is 1.52. The van der Waals surface area contributed by atoms with Crippen molar-refractivity contribution in [2.75, 3.05) is 0 Å². The van der Waals surface area contributed by atoms with Crippen LogP contribution in [-0.4, -0.2) is 29.4 Å². The summed E-state index contributed by atoms with van der Waals surface area (Å²) >= 11 is 0. The Kier molecular flexibility index (Phi) is 2.96. The lowest BCUT2D eigenvalue weighted by atomic mass is 10.2. The zero-order valence-electron chi connectivity index (χ0n) is 10.4. The molecule has 21 heavy (non-hydrogen) atoms. The van der Waals surface area contributed by atoms with Crippen LogP contribution in [-0.2, 0) is 6.18 Å². The second kappa shape index (κ2) is 4.57. The summed E-state index contributed by atoms with van der Waals surface area (Å²) in [5, 5.41) is 21.8. The minimum atomic E-state index is -4.79. The fraction of sp³-hybridized carbons (Fsp3) is 0.167. The van der Waals surface area contributed by atoms with Crippen molar-refractivity contribution in [3.8, 4) is 5.82 Å². The molecule has 0 fully saturated rings. The van der Waals surface area contributed by atoms with Crippen molar-refractivity contribution in [1.29, 1.82) is 0 Å². The summed E-state index contributed by atoms with van der Waals surface area (Å²) in [6.07, 6.45) is -3.35. The van der Waals surface area contributed by atoms with Crippen molar-refractivity contribution in [3.63, 3.8) is 0 Å². The first kappa shape index (κ1) is 13.6. The Morgan fingerprint density at radius 3 is 2.62 bits per heavy atom.